The van der Waals surface area contributed by atoms with Crippen molar-refractivity contribution in [2.75, 3.05) is 14.2 Å². The highest BCUT2D eigenvalue weighted by molar-refractivity contribution is 5.84. The van der Waals surface area contributed by atoms with Gasteiger partial charge in [0, 0.05) is 6.08 Å². The van der Waals surface area contributed by atoms with E-state index in [9.17, 15) is 4.79 Å². The van der Waals surface area contributed by atoms with Gasteiger partial charge < -0.3 is 14.2 Å². The molecule has 0 spiro atoms. The summed E-state index contributed by atoms with van der Waals surface area (Å²) >= 11 is 0. The van der Waals surface area contributed by atoms with E-state index < -0.39 is 5.97 Å². The minimum atomic E-state index is -0.400. The molecular formula is C45H58O4. The van der Waals surface area contributed by atoms with Crippen molar-refractivity contribution in [3.63, 3.8) is 0 Å². The lowest BCUT2D eigenvalue weighted by molar-refractivity contribution is -0.129. The molecule has 262 valence electrons. The number of methoxy groups -OCH3 is 2. The molecule has 49 heavy (non-hydrogen) atoms. The zero-order valence-corrected chi connectivity index (χ0v) is 30.5. The number of hydrogen-bond donors (Lipinski definition) is 0. The highest BCUT2D eigenvalue weighted by Gasteiger charge is 2.11. The fraction of sp³-hybridized carbons (Fsp3) is 0.356. The van der Waals surface area contributed by atoms with Crippen molar-refractivity contribution in [1.82, 2.24) is 0 Å². The van der Waals surface area contributed by atoms with Crippen molar-refractivity contribution < 1.29 is 19.0 Å². The second kappa shape index (κ2) is 26.4. The molecular weight excluding hydrogens is 604 g/mol. The summed E-state index contributed by atoms with van der Waals surface area (Å²) in [6, 6.07) is 10.0. The molecule has 0 unspecified atom stereocenters. The van der Waals surface area contributed by atoms with Gasteiger partial charge in [0.25, 0.3) is 0 Å². The third-order valence-corrected chi connectivity index (χ3v) is 7.97. The van der Waals surface area contributed by atoms with Crippen LogP contribution in [-0.4, -0.2) is 20.2 Å². The minimum absolute atomic E-state index is 0.400. The molecule has 2 rings (SSSR count). The van der Waals surface area contributed by atoms with Crippen LogP contribution in [0, 0.1) is 13.8 Å². The summed E-state index contributed by atoms with van der Waals surface area (Å²) in [5, 5.41) is 0. The van der Waals surface area contributed by atoms with E-state index in [1.165, 1.54) is 63.9 Å². The number of esters is 1. The van der Waals surface area contributed by atoms with Crippen molar-refractivity contribution in [1.29, 1.82) is 0 Å². The summed E-state index contributed by atoms with van der Waals surface area (Å²) in [5.74, 6) is 1.95. The SMILES string of the molecule is CCCCCCCCCCCCc1cc(OC(=O)C=CC=CC=CC=CC=CC=CC=CC=Cc2ccc(OC)c(C)c2)c(C)cc1OC. The number of ether oxygens (including phenoxy) is 3. The molecule has 0 bridgehead atoms. The molecule has 0 aliphatic rings. The van der Waals surface area contributed by atoms with Gasteiger partial charge >= 0.3 is 5.97 Å². The van der Waals surface area contributed by atoms with Gasteiger partial charge in [-0.1, -0.05) is 162 Å². The van der Waals surface area contributed by atoms with Crippen LogP contribution >= 0.6 is 0 Å². The Hall–Kier alpha value is -4.57. The first-order valence-electron chi connectivity index (χ1n) is 17.9. The van der Waals surface area contributed by atoms with Gasteiger partial charge in [-0.2, -0.15) is 0 Å². The molecule has 0 aromatic heterocycles. The monoisotopic (exact) mass is 662 g/mol. The molecule has 0 radical (unpaired) electrons. The Bertz CT molecular complexity index is 1480. The van der Waals surface area contributed by atoms with E-state index >= 15 is 0 Å². The van der Waals surface area contributed by atoms with Crippen LogP contribution < -0.4 is 14.2 Å². The van der Waals surface area contributed by atoms with E-state index in [0.29, 0.717) is 5.75 Å². The van der Waals surface area contributed by atoms with E-state index in [0.717, 1.165) is 46.6 Å². The fourth-order valence-corrected chi connectivity index (χ4v) is 5.22. The maximum Gasteiger partial charge on any atom is 0.336 e. The van der Waals surface area contributed by atoms with Gasteiger partial charge in [-0.25, -0.2) is 4.79 Å². The zero-order valence-electron chi connectivity index (χ0n) is 30.5. The topological polar surface area (TPSA) is 44.8 Å². The standard InChI is InChI=1S/C45H58O4/c1-6-7-8-9-10-11-19-22-25-28-31-41-37-43(39(3)36-44(41)48-5)49-45(46)32-29-26-23-20-17-15-13-12-14-16-18-21-24-27-30-40-33-34-42(47-4)38(2)35-40/h12-18,20-21,23-24,26-27,29-30,32-37H,6-11,19,22,25,28,31H2,1-5H3. The van der Waals surface area contributed by atoms with Gasteiger partial charge in [-0.15, -0.1) is 0 Å². The Morgan fingerprint density at radius 2 is 1.04 bits per heavy atom. The molecule has 0 atom stereocenters. The molecule has 2 aromatic rings. The second-order valence-corrected chi connectivity index (χ2v) is 12.0. The molecule has 0 aliphatic heterocycles. The number of carbonyl (C=O) groups is 1. The maximum absolute atomic E-state index is 12.5. The molecule has 0 aliphatic carbocycles. The van der Waals surface area contributed by atoms with Gasteiger partial charge in [-0.05, 0) is 73.2 Å². The Kier molecular flexibility index (Phi) is 21.9. The van der Waals surface area contributed by atoms with Crippen LogP contribution in [0.5, 0.6) is 17.2 Å². The zero-order chi connectivity index (χ0) is 35.4. The van der Waals surface area contributed by atoms with Gasteiger partial charge in [-0.3, -0.25) is 0 Å². The number of rotatable bonds is 23. The van der Waals surface area contributed by atoms with E-state index in [2.05, 4.69) is 19.1 Å². The third kappa shape index (κ3) is 18.5. The average Bonchev–Trinajstić information content (AvgIpc) is 3.10. The van der Waals surface area contributed by atoms with Gasteiger partial charge in [0.1, 0.15) is 17.2 Å². The molecule has 0 N–H and O–H groups in total. The van der Waals surface area contributed by atoms with Gasteiger partial charge in [0.15, 0.2) is 0 Å². The first-order chi connectivity index (χ1) is 24.0. The molecule has 4 heteroatoms. The van der Waals surface area contributed by atoms with Crippen LogP contribution in [-0.2, 0) is 11.2 Å². The first-order valence-corrected chi connectivity index (χ1v) is 17.9. The third-order valence-electron chi connectivity index (χ3n) is 7.97. The molecule has 0 saturated carbocycles. The molecule has 0 saturated heterocycles. The smallest absolute Gasteiger partial charge is 0.336 e. The summed E-state index contributed by atoms with van der Waals surface area (Å²) in [6.07, 6.45) is 44.4. The lowest BCUT2D eigenvalue weighted by atomic mass is 10.0. The number of aryl methyl sites for hydroxylation is 3. The Balaban J connectivity index is 1.69. The van der Waals surface area contributed by atoms with Crippen molar-refractivity contribution >= 4 is 12.0 Å². The lowest BCUT2D eigenvalue weighted by Gasteiger charge is -2.13. The molecule has 0 amide bonds. The molecule has 0 fully saturated rings. The lowest BCUT2D eigenvalue weighted by Crippen LogP contribution is -2.06. The summed E-state index contributed by atoms with van der Waals surface area (Å²) in [7, 11) is 3.38. The quantitative estimate of drug-likeness (QED) is 0.0390. The molecule has 0 heterocycles. The van der Waals surface area contributed by atoms with E-state index in [-0.39, 0.29) is 0 Å². The van der Waals surface area contributed by atoms with Gasteiger partial charge in [0.05, 0.1) is 14.2 Å². The summed E-state index contributed by atoms with van der Waals surface area (Å²) < 4.78 is 16.6. The number of allylic oxidation sites excluding steroid dienone is 14. The van der Waals surface area contributed by atoms with Crippen molar-refractivity contribution in [2.45, 2.75) is 91.4 Å². The Morgan fingerprint density at radius 1 is 0.551 bits per heavy atom. The fourth-order valence-electron chi connectivity index (χ4n) is 5.22. The second-order valence-electron chi connectivity index (χ2n) is 12.0. The minimum Gasteiger partial charge on any atom is -0.496 e. The van der Waals surface area contributed by atoms with E-state index in [4.69, 9.17) is 14.2 Å². The molecule has 4 nitrogen and oxygen atoms in total. The maximum atomic E-state index is 12.5. The van der Waals surface area contributed by atoms with Crippen LogP contribution in [0.3, 0.4) is 0 Å². The van der Waals surface area contributed by atoms with Crippen molar-refractivity contribution in [3.8, 4) is 17.2 Å². The average molecular weight is 663 g/mol. The van der Waals surface area contributed by atoms with Crippen LogP contribution in [0.25, 0.3) is 6.08 Å². The summed E-state index contributed by atoms with van der Waals surface area (Å²) in [4.78, 5) is 12.5. The van der Waals surface area contributed by atoms with Crippen LogP contribution in [0.2, 0.25) is 0 Å². The van der Waals surface area contributed by atoms with Crippen molar-refractivity contribution in [3.05, 3.63) is 144 Å². The highest BCUT2D eigenvalue weighted by atomic mass is 16.5. The number of hydrogen-bond acceptors (Lipinski definition) is 4. The summed E-state index contributed by atoms with van der Waals surface area (Å²) in [6.45, 7) is 6.24. The van der Waals surface area contributed by atoms with E-state index in [1.807, 2.05) is 111 Å². The Morgan fingerprint density at radius 3 is 1.57 bits per heavy atom. The number of benzene rings is 2. The van der Waals surface area contributed by atoms with Crippen LogP contribution in [0.1, 0.15) is 93.4 Å². The highest BCUT2D eigenvalue weighted by Crippen LogP contribution is 2.30. The predicted octanol–water partition coefficient (Wildman–Crippen LogP) is 12.3. The number of unbranched alkanes of at least 4 members (excludes halogenated alkanes) is 9. The molecule has 2 aromatic carbocycles. The van der Waals surface area contributed by atoms with Gasteiger partial charge in [0.2, 0.25) is 0 Å². The van der Waals surface area contributed by atoms with E-state index in [1.54, 1.807) is 26.4 Å². The first kappa shape index (κ1) is 40.6. The normalized spacial score (nSPS) is 12.5. The predicted molar refractivity (Wildman–Crippen MR) is 210 cm³/mol. The van der Waals surface area contributed by atoms with Crippen LogP contribution in [0.4, 0.5) is 0 Å². The largest absolute Gasteiger partial charge is 0.496 e. The number of carbonyl (C=O) groups excluding carboxylic acids is 1. The van der Waals surface area contributed by atoms with Crippen LogP contribution in [0.15, 0.2) is 121 Å². The summed E-state index contributed by atoms with van der Waals surface area (Å²) in [5.41, 5.74) is 4.23. The van der Waals surface area contributed by atoms with Crippen molar-refractivity contribution in [2.24, 2.45) is 0 Å². The Labute approximate surface area is 297 Å².